The highest BCUT2D eigenvalue weighted by atomic mass is 35.5. The third-order valence-electron chi connectivity index (χ3n) is 3.21. The molecule has 1 aliphatic rings. The minimum atomic E-state index is -0.176. The second-order valence-electron chi connectivity index (χ2n) is 4.70. The molecule has 19 heavy (non-hydrogen) atoms. The van der Waals surface area contributed by atoms with Crippen molar-refractivity contribution in [3.8, 4) is 5.75 Å². The minimum Gasteiger partial charge on any atom is -0.505 e. The lowest BCUT2D eigenvalue weighted by Gasteiger charge is -2.12. The third-order valence-corrected chi connectivity index (χ3v) is 3.78. The third kappa shape index (κ3) is 4.00. The van der Waals surface area contributed by atoms with Gasteiger partial charge in [0.2, 0.25) is 5.91 Å². The van der Waals surface area contributed by atoms with Gasteiger partial charge in [0, 0.05) is 11.7 Å². The van der Waals surface area contributed by atoms with Crippen molar-refractivity contribution in [3.63, 3.8) is 0 Å². The first-order chi connectivity index (χ1) is 9.06. The van der Waals surface area contributed by atoms with E-state index < -0.39 is 0 Å². The molecule has 1 fully saturated rings. The van der Waals surface area contributed by atoms with Crippen LogP contribution in [0.4, 0.5) is 5.69 Å². The van der Waals surface area contributed by atoms with Gasteiger partial charge in [0.05, 0.1) is 16.6 Å². The molecule has 0 aliphatic heterocycles. The lowest BCUT2D eigenvalue weighted by atomic mass is 10.2. The highest BCUT2D eigenvalue weighted by molar-refractivity contribution is 6.37. The van der Waals surface area contributed by atoms with Gasteiger partial charge in [-0.3, -0.25) is 4.79 Å². The molecule has 0 saturated heterocycles. The number of amides is 1. The molecule has 0 heterocycles. The number of carbonyl (C=O) groups is 1. The van der Waals surface area contributed by atoms with E-state index in [1.54, 1.807) is 0 Å². The van der Waals surface area contributed by atoms with Crippen LogP contribution in [0, 0.1) is 0 Å². The zero-order chi connectivity index (χ0) is 13.8. The average Bonchev–Trinajstić information content (AvgIpc) is 2.86. The van der Waals surface area contributed by atoms with Crippen molar-refractivity contribution in [1.29, 1.82) is 0 Å². The molecule has 6 heteroatoms. The van der Waals surface area contributed by atoms with Crippen LogP contribution in [0.1, 0.15) is 25.7 Å². The molecule has 1 saturated carbocycles. The number of phenols is 1. The van der Waals surface area contributed by atoms with Crippen LogP contribution in [-0.4, -0.2) is 23.6 Å². The van der Waals surface area contributed by atoms with E-state index in [4.69, 9.17) is 23.2 Å². The van der Waals surface area contributed by atoms with E-state index in [0.717, 1.165) is 12.8 Å². The maximum atomic E-state index is 11.8. The van der Waals surface area contributed by atoms with E-state index in [9.17, 15) is 9.90 Å². The molecule has 0 aromatic heterocycles. The number of benzene rings is 1. The fourth-order valence-electron chi connectivity index (χ4n) is 2.21. The summed E-state index contributed by atoms with van der Waals surface area (Å²) in [6.07, 6.45) is 4.71. The summed E-state index contributed by atoms with van der Waals surface area (Å²) in [6.45, 7) is 0.265. The first-order valence-electron chi connectivity index (χ1n) is 6.27. The van der Waals surface area contributed by atoms with Crippen molar-refractivity contribution in [2.75, 3.05) is 11.9 Å². The van der Waals surface area contributed by atoms with Crippen LogP contribution in [0.3, 0.4) is 0 Å². The summed E-state index contributed by atoms with van der Waals surface area (Å²) >= 11 is 11.6. The highest BCUT2D eigenvalue weighted by Gasteiger charge is 2.15. The molecule has 0 spiro atoms. The van der Waals surface area contributed by atoms with Crippen LogP contribution in [0.15, 0.2) is 12.1 Å². The molecule has 2 rings (SSSR count). The summed E-state index contributed by atoms with van der Waals surface area (Å²) in [5, 5.41) is 15.6. The Bertz CT molecular complexity index is 451. The summed E-state index contributed by atoms with van der Waals surface area (Å²) in [6, 6.07) is 3.38. The van der Waals surface area contributed by atoms with Gasteiger partial charge in [0.15, 0.2) is 5.75 Å². The Morgan fingerprint density at radius 3 is 2.42 bits per heavy atom. The maximum Gasteiger partial charge on any atom is 0.238 e. The number of hydrogen-bond acceptors (Lipinski definition) is 3. The molecule has 0 unspecified atom stereocenters. The van der Waals surface area contributed by atoms with E-state index in [1.165, 1.54) is 25.0 Å². The molecule has 0 bridgehead atoms. The molecule has 104 valence electrons. The van der Waals surface area contributed by atoms with E-state index in [2.05, 4.69) is 10.6 Å². The molecular weight excluding hydrogens is 287 g/mol. The topological polar surface area (TPSA) is 61.4 Å². The molecule has 3 N–H and O–H groups in total. The Morgan fingerprint density at radius 2 is 1.84 bits per heavy atom. The number of halogens is 2. The molecule has 1 aromatic carbocycles. The largest absolute Gasteiger partial charge is 0.505 e. The number of hydrogen-bond donors (Lipinski definition) is 3. The van der Waals surface area contributed by atoms with Crippen LogP contribution in [0.25, 0.3) is 0 Å². The molecule has 4 nitrogen and oxygen atoms in total. The zero-order valence-corrected chi connectivity index (χ0v) is 11.9. The Morgan fingerprint density at radius 1 is 1.26 bits per heavy atom. The molecule has 1 aromatic rings. The van der Waals surface area contributed by atoms with Gasteiger partial charge >= 0.3 is 0 Å². The van der Waals surface area contributed by atoms with Gasteiger partial charge in [-0.1, -0.05) is 36.0 Å². The lowest BCUT2D eigenvalue weighted by Crippen LogP contribution is -2.34. The van der Waals surface area contributed by atoms with Crippen molar-refractivity contribution < 1.29 is 9.90 Å². The molecule has 1 amide bonds. The lowest BCUT2D eigenvalue weighted by molar-refractivity contribution is -0.115. The quantitative estimate of drug-likeness (QED) is 0.749. The molecule has 0 atom stereocenters. The van der Waals surface area contributed by atoms with Gasteiger partial charge in [-0.05, 0) is 25.0 Å². The molecule has 1 aliphatic carbocycles. The van der Waals surface area contributed by atoms with Gasteiger partial charge in [-0.2, -0.15) is 0 Å². The minimum absolute atomic E-state index is 0.117. The smallest absolute Gasteiger partial charge is 0.238 e. The summed E-state index contributed by atoms with van der Waals surface area (Å²) in [5.41, 5.74) is 0.478. The standard InChI is InChI=1S/C13H16Cl2N2O2/c14-10-5-9(6-11(15)13(10)19)17-12(18)7-16-8-3-1-2-4-8/h5-6,8,16,19H,1-4,7H2,(H,17,18). The number of carbonyl (C=O) groups excluding carboxylic acids is 1. The Labute approximate surface area is 122 Å². The fourth-order valence-corrected chi connectivity index (χ4v) is 2.70. The van der Waals surface area contributed by atoms with Crippen LogP contribution >= 0.6 is 23.2 Å². The SMILES string of the molecule is O=C(CNC1CCCC1)Nc1cc(Cl)c(O)c(Cl)c1. The van der Waals surface area contributed by atoms with Crippen molar-refractivity contribution in [3.05, 3.63) is 22.2 Å². The Hall–Kier alpha value is -0.970. The number of aromatic hydroxyl groups is 1. The van der Waals surface area contributed by atoms with Gasteiger partial charge in [-0.25, -0.2) is 0 Å². The molecule has 0 radical (unpaired) electrons. The predicted octanol–water partition coefficient (Wildman–Crippen LogP) is 3.17. The number of rotatable bonds is 4. The number of phenolic OH excluding ortho intramolecular Hbond substituents is 1. The molecular formula is C13H16Cl2N2O2. The van der Waals surface area contributed by atoms with Crippen LogP contribution in [-0.2, 0) is 4.79 Å². The fraction of sp³-hybridized carbons (Fsp3) is 0.462. The maximum absolute atomic E-state index is 11.8. The summed E-state index contributed by atoms with van der Waals surface area (Å²) < 4.78 is 0. The van der Waals surface area contributed by atoms with Crippen LogP contribution in [0.5, 0.6) is 5.75 Å². The van der Waals surface area contributed by atoms with E-state index in [0.29, 0.717) is 11.7 Å². The second kappa shape index (κ2) is 6.46. The monoisotopic (exact) mass is 302 g/mol. The van der Waals surface area contributed by atoms with Crippen molar-refractivity contribution in [2.45, 2.75) is 31.7 Å². The summed E-state index contributed by atoms with van der Waals surface area (Å²) in [4.78, 5) is 11.8. The van der Waals surface area contributed by atoms with E-state index in [1.807, 2.05) is 0 Å². The first-order valence-corrected chi connectivity index (χ1v) is 7.03. The van der Waals surface area contributed by atoms with E-state index in [-0.39, 0.29) is 28.2 Å². The highest BCUT2D eigenvalue weighted by Crippen LogP contribution is 2.34. The second-order valence-corrected chi connectivity index (χ2v) is 5.51. The average molecular weight is 303 g/mol. The number of anilines is 1. The van der Waals surface area contributed by atoms with Gasteiger partial charge in [0.25, 0.3) is 0 Å². The van der Waals surface area contributed by atoms with Crippen LogP contribution in [0.2, 0.25) is 10.0 Å². The van der Waals surface area contributed by atoms with E-state index >= 15 is 0 Å². The van der Waals surface area contributed by atoms with Gasteiger partial charge in [0.1, 0.15) is 0 Å². The number of nitrogens with one attached hydrogen (secondary N) is 2. The summed E-state index contributed by atoms with van der Waals surface area (Å²) in [7, 11) is 0. The van der Waals surface area contributed by atoms with Crippen molar-refractivity contribution in [2.24, 2.45) is 0 Å². The van der Waals surface area contributed by atoms with Gasteiger partial charge in [-0.15, -0.1) is 0 Å². The normalized spacial score (nSPS) is 15.7. The van der Waals surface area contributed by atoms with Crippen LogP contribution < -0.4 is 10.6 Å². The Kier molecular flexibility index (Phi) is 4.91. The van der Waals surface area contributed by atoms with Crippen molar-refractivity contribution >= 4 is 34.8 Å². The Balaban J connectivity index is 1.87. The zero-order valence-electron chi connectivity index (χ0n) is 10.4. The van der Waals surface area contributed by atoms with Crippen molar-refractivity contribution in [1.82, 2.24) is 5.32 Å². The summed E-state index contributed by atoms with van der Waals surface area (Å²) in [5.74, 6) is -0.324. The first kappa shape index (κ1) is 14.4. The predicted molar refractivity (Wildman–Crippen MR) is 77.0 cm³/mol. The van der Waals surface area contributed by atoms with Gasteiger partial charge < -0.3 is 15.7 Å².